The van der Waals surface area contributed by atoms with E-state index in [1.165, 1.54) is 16.2 Å². The van der Waals surface area contributed by atoms with Crippen LogP contribution < -0.4 is 20.7 Å². The maximum atomic E-state index is 13.5. The lowest BCUT2D eigenvalue weighted by atomic mass is 10.0. The SMILES string of the molecule is COc1ccc(-c2ccc(CN(CCCNc3nsc4ccccc34)C(=O)CCCC[C@@H]3SC[C@@H]4NC(=O)N[C@@H]43)cc2)cc1. The Morgan fingerprint density at radius 1 is 1.00 bits per heavy atom. The molecule has 3 amide bonds. The smallest absolute Gasteiger partial charge is 0.315 e. The van der Waals surface area contributed by atoms with Gasteiger partial charge in [-0.2, -0.15) is 16.1 Å². The Morgan fingerprint density at radius 2 is 1.77 bits per heavy atom. The Balaban J connectivity index is 1.04. The highest BCUT2D eigenvalue weighted by Crippen LogP contribution is 2.33. The van der Waals surface area contributed by atoms with Crippen molar-refractivity contribution in [2.45, 2.75) is 56.0 Å². The summed E-state index contributed by atoms with van der Waals surface area (Å²) in [5.74, 6) is 2.91. The van der Waals surface area contributed by atoms with Gasteiger partial charge >= 0.3 is 6.03 Å². The van der Waals surface area contributed by atoms with Crippen molar-refractivity contribution >= 4 is 51.1 Å². The summed E-state index contributed by atoms with van der Waals surface area (Å²) in [5.41, 5.74) is 3.38. The van der Waals surface area contributed by atoms with E-state index in [0.29, 0.717) is 24.8 Å². The van der Waals surface area contributed by atoms with Crippen molar-refractivity contribution in [3.05, 3.63) is 78.4 Å². The molecule has 6 rings (SSSR count). The molecular formula is C34H39N5O3S2. The fourth-order valence-electron chi connectivity index (χ4n) is 6.01. The third-order valence-electron chi connectivity index (χ3n) is 8.45. The fraction of sp³-hybridized carbons (Fsp3) is 0.382. The number of unbranched alkanes of at least 4 members (excludes halogenated alkanes) is 1. The van der Waals surface area contributed by atoms with E-state index in [1.54, 1.807) is 7.11 Å². The van der Waals surface area contributed by atoms with Gasteiger partial charge in [0.05, 0.1) is 23.9 Å². The zero-order chi connectivity index (χ0) is 30.3. The Morgan fingerprint density at radius 3 is 2.57 bits per heavy atom. The van der Waals surface area contributed by atoms with Gasteiger partial charge in [0.1, 0.15) is 11.6 Å². The summed E-state index contributed by atoms with van der Waals surface area (Å²) >= 11 is 3.43. The van der Waals surface area contributed by atoms with Gasteiger partial charge in [0, 0.05) is 42.4 Å². The number of nitrogens with one attached hydrogen (secondary N) is 3. The summed E-state index contributed by atoms with van der Waals surface area (Å²) in [6.45, 7) is 2.00. The van der Waals surface area contributed by atoms with Crippen LogP contribution in [0, 0.1) is 0 Å². The number of rotatable bonds is 14. The first-order valence-electron chi connectivity index (χ1n) is 15.4. The Labute approximate surface area is 267 Å². The van der Waals surface area contributed by atoms with Crippen molar-refractivity contribution < 1.29 is 14.3 Å². The van der Waals surface area contributed by atoms with Crippen LogP contribution in [0.25, 0.3) is 21.2 Å². The van der Waals surface area contributed by atoms with Crippen LogP contribution in [0.1, 0.15) is 37.7 Å². The summed E-state index contributed by atoms with van der Waals surface area (Å²) in [6, 6.07) is 25.2. The second kappa shape index (κ2) is 14.3. The van der Waals surface area contributed by atoms with Gasteiger partial charge in [-0.25, -0.2) is 4.79 Å². The molecule has 2 saturated heterocycles. The van der Waals surface area contributed by atoms with Crippen LogP contribution in [-0.4, -0.2) is 64.5 Å². The monoisotopic (exact) mass is 629 g/mol. The number of aromatic nitrogens is 1. The number of hydrogen-bond donors (Lipinski definition) is 3. The third kappa shape index (κ3) is 7.30. The largest absolute Gasteiger partial charge is 0.497 e. The number of ether oxygens (including phenoxy) is 1. The predicted octanol–water partition coefficient (Wildman–Crippen LogP) is 6.53. The number of nitrogens with zero attached hydrogens (tertiary/aromatic N) is 2. The standard InChI is InChI=1S/C34H39N5O3S2/c1-42-26-17-15-25(16-18-26)24-13-11-23(12-14-24)21-39(20-6-19-35-33-27-7-2-3-8-29(27)44-38-33)31(40)10-5-4-9-30-32-28(22-43-30)36-34(41)37-32/h2-3,7-8,11-18,28,30,32H,4-6,9-10,19-22H2,1H3,(H,35,38)(H2,36,37,41)/t28-,30-,32-/m0/s1. The molecular weight excluding hydrogens is 591 g/mol. The second-order valence-electron chi connectivity index (χ2n) is 11.4. The van der Waals surface area contributed by atoms with E-state index in [2.05, 4.69) is 68.9 Å². The van der Waals surface area contributed by atoms with Gasteiger partial charge in [0.15, 0.2) is 0 Å². The highest BCUT2D eigenvalue weighted by atomic mass is 32.2. The number of benzene rings is 3. The number of anilines is 1. The number of fused-ring (bicyclic) bond motifs is 2. The molecule has 3 heterocycles. The molecule has 0 aliphatic carbocycles. The van der Waals surface area contributed by atoms with Crippen LogP contribution in [0.3, 0.4) is 0 Å². The molecule has 10 heteroatoms. The van der Waals surface area contributed by atoms with Gasteiger partial charge < -0.3 is 25.6 Å². The molecule has 3 aromatic carbocycles. The van der Waals surface area contributed by atoms with Crippen molar-refractivity contribution in [2.24, 2.45) is 0 Å². The highest BCUT2D eigenvalue weighted by molar-refractivity contribution is 8.00. The van der Waals surface area contributed by atoms with E-state index >= 15 is 0 Å². The molecule has 0 spiro atoms. The van der Waals surface area contributed by atoms with Gasteiger partial charge in [-0.1, -0.05) is 55.0 Å². The number of urea groups is 1. The van der Waals surface area contributed by atoms with Crippen molar-refractivity contribution in [1.82, 2.24) is 19.9 Å². The summed E-state index contributed by atoms with van der Waals surface area (Å²) in [7, 11) is 1.67. The fourth-order valence-corrected chi connectivity index (χ4v) is 8.31. The summed E-state index contributed by atoms with van der Waals surface area (Å²) in [5, 5.41) is 11.1. The van der Waals surface area contributed by atoms with Gasteiger partial charge in [-0.3, -0.25) is 4.79 Å². The minimum atomic E-state index is -0.0504. The van der Waals surface area contributed by atoms with E-state index in [1.807, 2.05) is 40.9 Å². The summed E-state index contributed by atoms with van der Waals surface area (Å²) in [6.07, 6.45) is 4.20. The third-order valence-corrected chi connectivity index (χ3v) is 10.8. The number of carbonyl (C=O) groups excluding carboxylic acids is 2. The minimum Gasteiger partial charge on any atom is -0.497 e. The lowest BCUT2D eigenvalue weighted by molar-refractivity contribution is -0.132. The van der Waals surface area contributed by atoms with E-state index in [0.717, 1.165) is 71.6 Å². The maximum Gasteiger partial charge on any atom is 0.315 e. The molecule has 230 valence electrons. The number of thioether (sulfide) groups is 1. The van der Waals surface area contributed by atoms with Crippen molar-refractivity contribution in [2.75, 3.05) is 31.3 Å². The first kappa shape index (κ1) is 30.3. The quantitative estimate of drug-likeness (QED) is 0.109. The van der Waals surface area contributed by atoms with E-state index in [4.69, 9.17) is 4.74 Å². The molecule has 8 nitrogen and oxygen atoms in total. The molecule has 2 aliphatic rings. The Hall–Kier alpha value is -3.76. The molecule has 0 radical (unpaired) electrons. The van der Waals surface area contributed by atoms with Crippen LogP contribution in [0.4, 0.5) is 10.6 Å². The molecule has 0 saturated carbocycles. The molecule has 3 atom stereocenters. The molecule has 0 bridgehead atoms. The molecule has 1 aromatic heterocycles. The van der Waals surface area contributed by atoms with Crippen LogP contribution in [-0.2, 0) is 11.3 Å². The predicted molar refractivity (Wildman–Crippen MR) is 181 cm³/mol. The second-order valence-corrected chi connectivity index (χ2v) is 13.5. The van der Waals surface area contributed by atoms with Gasteiger partial charge in [-0.05, 0) is 71.8 Å². The zero-order valence-electron chi connectivity index (χ0n) is 25.0. The molecule has 2 fully saturated rings. The van der Waals surface area contributed by atoms with Crippen molar-refractivity contribution in [1.29, 1.82) is 0 Å². The number of amides is 3. The van der Waals surface area contributed by atoms with Crippen molar-refractivity contribution in [3.8, 4) is 16.9 Å². The van der Waals surface area contributed by atoms with E-state index in [-0.39, 0.29) is 24.0 Å². The van der Waals surface area contributed by atoms with Crippen molar-refractivity contribution in [3.63, 3.8) is 0 Å². The normalized spacial score (nSPS) is 18.9. The van der Waals surface area contributed by atoms with Crippen LogP contribution in [0.5, 0.6) is 5.75 Å². The van der Waals surface area contributed by atoms with Gasteiger partial charge in [0.25, 0.3) is 0 Å². The number of hydrogen-bond acceptors (Lipinski definition) is 7. The molecule has 0 unspecified atom stereocenters. The highest BCUT2D eigenvalue weighted by Gasteiger charge is 2.42. The first-order valence-corrected chi connectivity index (χ1v) is 17.2. The zero-order valence-corrected chi connectivity index (χ0v) is 26.6. The van der Waals surface area contributed by atoms with Gasteiger partial charge in [-0.15, -0.1) is 0 Å². The summed E-state index contributed by atoms with van der Waals surface area (Å²) in [4.78, 5) is 27.2. The average Bonchev–Trinajstić information content (AvgIpc) is 3.75. The maximum absolute atomic E-state index is 13.5. The average molecular weight is 630 g/mol. The lowest BCUT2D eigenvalue weighted by Gasteiger charge is -2.24. The molecule has 44 heavy (non-hydrogen) atoms. The Kier molecular flexibility index (Phi) is 9.87. The van der Waals surface area contributed by atoms with E-state index < -0.39 is 0 Å². The topological polar surface area (TPSA) is 95.6 Å². The van der Waals surface area contributed by atoms with Crippen LogP contribution in [0.15, 0.2) is 72.8 Å². The molecule has 2 aliphatic heterocycles. The first-order chi connectivity index (χ1) is 21.6. The Bertz CT molecular complexity index is 1560. The number of carbonyl (C=O) groups is 2. The van der Waals surface area contributed by atoms with E-state index in [9.17, 15) is 9.59 Å². The summed E-state index contributed by atoms with van der Waals surface area (Å²) < 4.78 is 11.0. The van der Waals surface area contributed by atoms with Crippen LogP contribution >= 0.6 is 23.3 Å². The molecule has 3 N–H and O–H groups in total. The minimum absolute atomic E-state index is 0.0504. The lowest BCUT2D eigenvalue weighted by Crippen LogP contribution is -2.36. The molecule has 4 aromatic rings. The van der Waals surface area contributed by atoms with Crippen LogP contribution in [0.2, 0.25) is 0 Å². The number of methoxy groups -OCH3 is 1. The van der Waals surface area contributed by atoms with Gasteiger partial charge in [0.2, 0.25) is 5.91 Å².